The van der Waals surface area contributed by atoms with Crippen molar-refractivity contribution in [2.24, 2.45) is 11.3 Å². The van der Waals surface area contributed by atoms with Gasteiger partial charge >= 0.3 is 0 Å². The van der Waals surface area contributed by atoms with Crippen molar-refractivity contribution < 1.29 is 0 Å². The SMILES string of the molecule is C=CC(C)(C)CC(CC(CC)c1ccccc1)C(=C)C. The molecule has 1 aromatic rings. The summed E-state index contributed by atoms with van der Waals surface area (Å²) in [5.41, 5.74) is 2.94. The van der Waals surface area contributed by atoms with Gasteiger partial charge in [0.15, 0.2) is 0 Å². The van der Waals surface area contributed by atoms with Crippen LogP contribution < -0.4 is 0 Å². The zero-order valence-corrected chi connectivity index (χ0v) is 13.7. The lowest BCUT2D eigenvalue weighted by atomic mass is 9.75. The van der Waals surface area contributed by atoms with E-state index in [1.165, 1.54) is 24.0 Å². The van der Waals surface area contributed by atoms with Gasteiger partial charge in [0.2, 0.25) is 0 Å². The molecule has 0 fully saturated rings. The highest BCUT2D eigenvalue weighted by Crippen LogP contribution is 2.37. The molecular weight excluding hydrogens is 240 g/mol. The summed E-state index contributed by atoms with van der Waals surface area (Å²) in [6, 6.07) is 10.9. The Bertz CT molecular complexity index is 425. The highest BCUT2D eigenvalue weighted by atomic mass is 14.3. The summed E-state index contributed by atoms with van der Waals surface area (Å²) < 4.78 is 0. The topological polar surface area (TPSA) is 0 Å². The Hall–Kier alpha value is -1.30. The van der Waals surface area contributed by atoms with Crippen molar-refractivity contribution in [2.75, 3.05) is 0 Å². The van der Waals surface area contributed by atoms with E-state index in [9.17, 15) is 0 Å². The number of rotatable bonds is 8. The second-order valence-corrected chi connectivity index (χ2v) is 6.69. The van der Waals surface area contributed by atoms with Gasteiger partial charge in [0, 0.05) is 0 Å². The summed E-state index contributed by atoms with van der Waals surface area (Å²) in [5, 5.41) is 0. The summed E-state index contributed by atoms with van der Waals surface area (Å²) in [5.74, 6) is 1.19. The van der Waals surface area contributed by atoms with Crippen LogP contribution in [0.1, 0.15) is 58.4 Å². The Morgan fingerprint density at radius 2 is 1.85 bits per heavy atom. The van der Waals surface area contributed by atoms with Gasteiger partial charge in [-0.05, 0) is 49.0 Å². The Morgan fingerprint density at radius 1 is 1.25 bits per heavy atom. The number of allylic oxidation sites excluding steroid dienone is 2. The first-order chi connectivity index (χ1) is 9.39. The third-order valence-corrected chi connectivity index (χ3v) is 4.35. The molecule has 0 aromatic heterocycles. The maximum atomic E-state index is 4.22. The van der Waals surface area contributed by atoms with E-state index >= 15 is 0 Å². The quantitative estimate of drug-likeness (QED) is 0.482. The van der Waals surface area contributed by atoms with Crippen LogP contribution in [0.15, 0.2) is 55.1 Å². The van der Waals surface area contributed by atoms with Gasteiger partial charge < -0.3 is 0 Å². The van der Waals surface area contributed by atoms with Crippen LogP contribution in [0.25, 0.3) is 0 Å². The minimum absolute atomic E-state index is 0.179. The van der Waals surface area contributed by atoms with Gasteiger partial charge in [-0.2, -0.15) is 0 Å². The van der Waals surface area contributed by atoms with Gasteiger partial charge in [-0.3, -0.25) is 0 Å². The first-order valence-electron chi connectivity index (χ1n) is 7.73. The van der Waals surface area contributed by atoms with Gasteiger partial charge in [0.25, 0.3) is 0 Å². The molecule has 2 unspecified atom stereocenters. The summed E-state index contributed by atoms with van der Waals surface area (Å²) in [7, 11) is 0. The van der Waals surface area contributed by atoms with Gasteiger partial charge in [-0.15, -0.1) is 6.58 Å². The van der Waals surface area contributed by atoms with E-state index in [2.05, 4.69) is 77.3 Å². The third-order valence-electron chi connectivity index (χ3n) is 4.35. The molecule has 20 heavy (non-hydrogen) atoms. The van der Waals surface area contributed by atoms with Crippen molar-refractivity contribution in [3.63, 3.8) is 0 Å². The molecule has 0 saturated carbocycles. The van der Waals surface area contributed by atoms with Crippen LogP contribution in [-0.4, -0.2) is 0 Å². The minimum atomic E-state index is 0.179. The van der Waals surface area contributed by atoms with Crippen LogP contribution in [0.4, 0.5) is 0 Å². The zero-order valence-electron chi connectivity index (χ0n) is 13.7. The molecule has 0 spiro atoms. The summed E-state index contributed by atoms with van der Waals surface area (Å²) in [6.45, 7) is 17.2. The van der Waals surface area contributed by atoms with E-state index in [0.717, 1.165) is 6.42 Å². The van der Waals surface area contributed by atoms with Crippen molar-refractivity contribution in [2.45, 2.75) is 52.9 Å². The molecule has 1 rings (SSSR count). The lowest BCUT2D eigenvalue weighted by Crippen LogP contribution is -2.17. The molecule has 2 atom stereocenters. The normalized spacial score (nSPS) is 14.6. The largest absolute Gasteiger partial charge is 0.103 e. The monoisotopic (exact) mass is 270 g/mol. The van der Waals surface area contributed by atoms with Crippen LogP contribution in [0.3, 0.4) is 0 Å². The lowest BCUT2D eigenvalue weighted by molar-refractivity contribution is 0.331. The minimum Gasteiger partial charge on any atom is -0.103 e. The Balaban J connectivity index is 2.83. The Morgan fingerprint density at radius 3 is 2.30 bits per heavy atom. The summed E-state index contributed by atoms with van der Waals surface area (Å²) >= 11 is 0. The fourth-order valence-electron chi connectivity index (χ4n) is 2.78. The molecule has 0 N–H and O–H groups in total. The predicted octanol–water partition coefficient (Wildman–Crippen LogP) is 6.36. The molecule has 0 aliphatic rings. The van der Waals surface area contributed by atoms with Crippen molar-refractivity contribution >= 4 is 0 Å². The maximum absolute atomic E-state index is 4.22. The van der Waals surface area contributed by atoms with Crippen LogP contribution >= 0.6 is 0 Å². The van der Waals surface area contributed by atoms with E-state index in [1.807, 2.05) is 0 Å². The van der Waals surface area contributed by atoms with E-state index in [4.69, 9.17) is 0 Å². The summed E-state index contributed by atoms with van der Waals surface area (Å²) in [4.78, 5) is 0. The molecule has 0 bridgehead atoms. The zero-order chi connectivity index (χ0) is 15.2. The number of benzene rings is 1. The molecule has 110 valence electrons. The van der Waals surface area contributed by atoms with Gasteiger partial charge in [-0.1, -0.05) is 69.3 Å². The first-order valence-corrected chi connectivity index (χ1v) is 7.73. The van der Waals surface area contributed by atoms with Crippen molar-refractivity contribution in [1.82, 2.24) is 0 Å². The molecule has 0 aliphatic heterocycles. The molecule has 0 aliphatic carbocycles. The van der Waals surface area contributed by atoms with Gasteiger partial charge in [0.1, 0.15) is 0 Å². The average molecular weight is 270 g/mol. The van der Waals surface area contributed by atoms with Gasteiger partial charge in [-0.25, -0.2) is 0 Å². The number of hydrogen-bond donors (Lipinski definition) is 0. The molecule has 0 heteroatoms. The second-order valence-electron chi connectivity index (χ2n) is 6.69. The van der Waals surface area contributed by atoms with Crippen LogP contribution in [0.2, 0.25) is 0 Å². The summed E-state index contributed by atoms with van der Waals surface area (Å²) in [6.07, 6.45) is 5.58. The molecule has 0 saturated heterocycles. The fraction of sp³-hybridized carbons (Fsp3) is 0.500. The lowest BCUT2D eigenvalue weighted by Gasteiger charge is -2.30. The van der Waals surface area contributed by atoms with Crippen molar-refractivity contribution in [1.29, 1.82) is 0 Å². The van der Waals surface area contributed by atoms with E-state index in [1.54, 1.807) is 0 Å². The van der Waals surface area contributed by atoms with Gasteiger partial charge in [0.05, 0.1) is 0 Å². The molecule has 1 aromatic carbocycles. The molecule has 0 nitrogen and oxygen atoms in total. The number of hydrogen-bond acceptors (Lipinski definition) is 0. The third kappa shape index (κ3) is 5.00. The standard InChI is InChI=1S/C20H30/c1-7-17(18-12-10-9-11-13-18)14-19(16(3)4)15-20(5,6)8-2/h8-13,17,19H,2-3,7,14-15H2,1,4-6H3. The fourth-order valence-corrected chi connectivity index (χ4v) is 2.78. The predicted molar refractivity (Wildman–Crippen MR) is 91.0 cm³/mol. The molecule has 0 amide bonds. The van der Waals surface area contributed by atoms with E-state index < -0.39 is 0 Å². The Kier molecular flexibility index (Phi) is 6.26. The molecule has 0 heterocycles. The van der Waals surface area contributed by atoms with Crippen molar-refractivity contribution in [3.05, 3.63) is 60.7 Å². The van der Waals surface area contributed by atoms with Crippen LogP contribution in [0.5, 0.6) is 0 Å². The van der Waals surface area contributed by atoms with Crippen LogP contribution in [-0.2, 0) is 0 Å². The smallest absolute Gasteiger partial charge is 0.0159 e. The Labute approximate surface area is 125 Å². The van der Waals surface area contributed by atoms with E-state index in [-0.39, 0.29) is 5.41 Å². The highest BCUT2D eigenvalue weighted by Gasteiger charge is 2.24. The van der Waals surface area contributed by atoms with Crippen LogP contribution in [0, 0.1) is 11.3 Å². The highest BCUT2D eigenvalue weighted by molar-refractivity contribution is 5.20. The first kappa shape index (κ1) is 16.8. The van der Waals surface area contributed by atoms with Crippen molar-refractivity contribution in [3.8, 4) is 0 Å². The maximum Gasteiger partial charge on any atom is -0.0159 e. The molecule has 0 radical (unpaired) electrons. The van der Waals surface area contributed by atoms with E-state index in [0.29, 0.717) is 11.8 Å². The average Bonchev–Trinajstić information content (AvgIpc) is 2.44. The second kappa shape index (κ2) is 7.47. The molecular formula is C20H30.